The van der Waals surface area contributed by atoms with Crippen molar-refractivity contribution < 1.29 is 5.11 Å². The molecule has 1 fully saturated rings. The van der Waals surface area contributed by atoms with Crippen LogP contribution in [0.15, 0.2) is 0 Å². The van der Waals surface area contributed by atoms with Gasteiger partial charge in [0.15, 0.2) is 0 Å². The number of hydrogen-bond acceptors (Lipinski definition) is 3. The van der Waals surface area contributed by atoms with Crippen molar-refractivity contribution in [3.8, 4) is 0 Å². The van der Waals surface area contributed by atoms with E-state index in [-0.39, 0.29) is 0 Å². The van der Waals surface area contributed by atoms with Crippen molar-refractivity contribution in [2.75, 3.05) is 19.7 Å². The molecule has 1 heterocycles. The number of piperidine rings is 1. The molecular weight excluding hydrogens is 176 g/mol. The minimum absolute atomic E-state index is 0.293. The minimum Gasteiger partial charge on any atom is -0.396 e. The maximum absolute atomic E-state index is 9.02. The Balaban J connectivity index is 2.38. The van der Waals surface area contributed by atoms with Gasteiger partial charge in [-0.1, -0.05) is 13.8 Å². The number of aliphatic hydroxyl groups is 1. The third kappa shape index (κ3) is 3.95. The summed E-state index contributed by atoms with van der Waals surface area (Å²) in [5, 5.41) is 16.0. The maximum Gasteiger partial charge on any atom is 0.0445 e. The van der Waals surface area contributed by atoms with Crippen LogP contribution in [0.25, 0.3) is 0 Å². The van der Waals surface area contributed by atoms with Gasteiger partial charge in [0.1, 0.15) is 0 Å². The van der Waals surface area contributed by atoms with Crippen molar-refractivity contribution in [1.29, 1.82) is 0 Å². The Morgan fingerprint density at radius 1 is 1.50 bits per heavy atom. The molecule has 2 atom stereocenters. The molecule has 0 aromatic heterocycles. The molecule has 1 aliphatic rings. The van der Waals surface area contributed by atoms with Crippen molar-refractivity contribution >= 4 is 0 Å². The van der Waals surface area contributed by atoms with Gasteiger partial charge < -0.3 is 15.7 Å². The van der Waals surface area contributed by atoms with Gasteiger partial charge in [0.05, 0.1) is 0 Å². The van der Waals surface area contributed by atoms with Crippen molar-refractivity contribution in [3.63, 3.8) is 0 Å². The fourth-order valence-corrected chi connectivity index (χ4v) is 2.24. The molecule has 1 aliphatic heterocycles. The molecule has 84 valence electrons. The molecule has 3 nitrogen and oxygen atoms in total. The Hall–Kier alpha value is -0.120. The SMILES string of the molecule is CC(C)N[C@H](CCO)[C@@H]1CCCNC1. The van der Waals surface area contributed by atoms with Crippen LogP contribution in [-0.4, -0.2) is 36.9 Å². The smallest absolute Gasteiger partial charge is 0.0445 e. The summed E-state index contributed by atoms with van der Waals surface area (Å²) in [6, 6.07) is 0.987. The van der Waals surface area contributed by atoms with E-state index in [0.29, 0.717) is 24.6 Å². The molecule has 1 rings (SSSR count). The normalized spacial score (nSPS) is 25.3. The standard InChI is InChI=1S/C11H24N2O/c1-9(2)13-11(5-7-14)10-4-3-6-12-8-10/h9-14H,3-8H2,1-2H3/t10-,11-/m1/s1. The van der Waals surface area contributed by atoms with Crippen LogP contribution in [0, 0.1) is 5.92 Å². The summed E-state index contributed by atoms with van der Waals surface area (Å²) in [5.41, 5.74) is 0. The summed E-state index contributed by atoms with van der Waals surface area (Å²) in [6.45, 7) is 6.89. The van der Waals surface area contributed by atoms with Crippen molar-refractivity contribution in [2.24, 2.45) is 5.92 Å². The number of nitrogens with one attached hydrogen (secondary N) is 2. The Labute approximate surface area is 87.3 Å². The Morgan fingerprint density at radius 3 is 2.79 bits per heavy atom. The minimum atomic E-state index is 0.293. The molecule has 0 aliphatic carbocycles. The molecule has 0 aromatic carbocycles. The molecule has 1 saturated heterocycles. The van der Waals surface area contributed by atoms with E-state index in [2.05, 4.69) is 24.5 Å². The second kappa shape index (κ2) is 6.38. The molecule has 0 spiro atoms. The van der Waals surface area contributed by atoms with Gasteiger partial charge in [-0.25, -0.2) is 0 Å². The van der Waals surface area contributed by atoms with Crippen LogP contribution in [0.5, 0.6) is 0 Å². The number of aliphatic hydroxyl groups excluding tert-OH is 1. The summed E-state index contributed by atoms with van der Waals surface area (Å²) < 4.78 is 0. The lowest BCUT2D eigenvalue weighted by Gasteiger charge is -2.32. The highest BCUT2D eigenvalue weighted by Crippen LogP contribution is 2.17. The Bertz CT molecular complexity index is 144. The maximum atomic E-state index is 9.02. The van der Waals surface area contributed by atoms with Crippen LogP contribution < -0.4 is 10.6 Å². The van der Waals surface area contributed by atoms with Crippen LogP contribution in [0.3, 0.4) is 0 Å². The highest BCUT2D eigenvalue weighted by molar-refractivity contribution is 4.82. The summed E-state index contributed by atoms with van der Waals surface area (Å²) in [7, 11) is 0. The zero-order valence-electron chi connectivity index (χ0n) is 9.42. The van der Waals surface area contributed by atoms with Gasteiger partial charge in [0, 0.05) is 18.7 Å². The molecule has 0 saturated carbocycles. The lowest BCUT2D eigenvalue weighted by atomic mass is 9.89. The summed E-state index contributed by atoms with van der Waals surface area (Å²) in [6.07, 6.45) is 3.44. The van der Waals surface area contributed by atoms with E-state index in [1.54, 1.807) is 0 Å². The van der Waals surface area contributed by atoms with Crippen molar-refractivity contribution in [1.82, 2.24) is 10.6 Å². The molecule has 3 N–H and O–H groups in total. The zero-order valence-corrected chi connectivity index (χ0v) is 9.42. The summed E-state index contributed by atoms with van der Waals surface area (Å²) in [5.74, 6) is 0.693. The average Bonchev–Trinajstić information content (AvgIpc) is 2.18. The van der Waals surface area contributed by atoms with Crippen LogP contribution in [-0.2, 0) is 0 Å². The topological polar surface area (TPSA) is 44.3 Å². The van der Waals surface area contributed by atoms with Crippen LogP contribution in [0.4, 0.5) is 0 Å². The molecule has 0 amide bonds. The fourth-order valence-electron chi connectivity index (χ4n) is 2.24. The lowest BCUT2D eigenvalue weighted by Crippen LogP contribution is -2.46. The first-order valence-corrected chi connectivity index (χ1v) is 5.81. The quantitative estimate of drug-likeness (QED) is 0.613. The molecule has 3 heteroatoms. The van der Waals surface area contributed by atoms with Gasteiger partial charge in [0.25, 0.3) is 0 Å². The third-order valence-electron chi connectivity index (χ3n) is 2.89. The molecule has 0 radical (unpaired) electrons. The van der Waals surface area contributed by atoms with Gasteiger partial charge in [-0.2, -0.15) is 0 Å². The molecule has 14 heavy (non-hydrogen) atoms. The predicted octanol–water partition coefficient (Wildman–Crippen LogP) is 0.735. The van der Waals surface area contributed by atoms with E-state index in [1.165, 1.54) is 12.8 Å². The fraction of sp³-hybridized carbons (Fsp3) is 1.00. The molecule has 0 unspecified atom stereocenters. The first kappa shape index (κ1) is 12.0. The highest BCUT2D eigenvalue weighted by Gasteiger charge is 2.23. The van der Waals surface area contributed by atoms with Gasteiger partial charge in [0.2, 0.25) is 0 Å². The largest absolute Gasteiger partial charge is 0.396 e. The number of hydrogen-bond donors (Lipinski definition) is 3. The van der Waals surface area contributed by atoms with Gasteiger partial charge >= 0.3 is 0 Å². The zero-order chi connectivity index (χ0) is 10.4. The number of rotatable bonds is 5. The molecule has 0 bridgehead atoms. The molecular formula is C11H24N2O. The van der Waals surface area contributed by atoms with Crippen molar-refractivity contribution in [3.05, 3.63) is 0 Å². The first-order valence-electron chi connectivity index (χ1n) is 5.81. The van der Waals surface area contributed by atoms with E-state index in [4.69, 9.17) is 5.11 Å². The van der Waals surface area contributed by atoms with Crippen LogP contribution >= 0.6 is 0 Å². The lowest BCUT2D eigenvalue weighted by molar-refractivity contribution is 0.207. The predicted molar refractivity (Wildman–Crippen MR) is 59.4 cm³/mol. The van der Waals surface area contributed by atoms with Crippen LogP contribution in [0.1, 0.15) is 33.1 Å². The first-order chi connectivity index (χ1) is 6.74. The summed E-state index contributed by atoms with van der Waals surface area (Å²) >= 11 is 0. The Kier molecular flexibility index (Phi) is 5.45. The molecule has 0 aromatic rings. The van der Waals surface area contributed by atoms with Gasteiger partial charge in [-0.15, -0.1) is 0 Å². The third-order valence-corrected chi connectivity index (χ3v) is 2.89. The van der Waals surface area contributed by atoms with Gasteiger partial charge in [-0.05, 0) is 38.3 Å². The van der Waals surface area contributed by atoms with Crippen LogP contribution in [0.2, 0.25) is 0 Å². The monoisotopic (exact) mass is 200 g/mol. The van der Waals surface area contributed by atoms with Gasteiger partial charge in [-0.3, -0.25) is 0 Å². The second-order valence-corrected chi connectivity index (χ2v) is 4.55. The second-order valence-electron chi connectivity index (χ2n) is 4.55. The van der Waals surface area contributed by atoms with Crippen molar-refractivity contribution in [2.45, 2.75) is 45.2 Å². The van der Waals surface area contributed by atoms with E-state index >= 15 is 0 Å². The van der Waals surface area contributed by atoms with E-state index < -0.39 is 0 Å². The highest BCUT2D eigenvalue weighted by atomic mass is 16.3. The van der Waals surface area contributed by atoms with E-state index in [1.807, 2.05) is 0 Å². The van der Waals surface area contributed by atoms with E-state index in [0.717, 1.165) is 19.5 Å². The summed E-state index contributed by atoms with van der Waals surface area (Å²) in [4.78, 5) is 0. The Morgan fingerprint density at radius 2 is 2.29 bits per heavy atom. The van der Waals surface area contributed by atoms with E-state index in [9.17, 15) is 0 Å². The average molecular weight is 200 g/mol.